The Morgan fingerprint density at radius 3 is 2.78 bits per heavy atom. The third kappa shape index (κ3) is 3.56. The molecule has 4 nitrogen and oxygen atoms in total. The number of carbonyl (C=O) groups excluding carboxylic acids is 1. The van der Waals surface area contributed by atoms with Crippen molar-refractivity contribution in [2.75, 3.05) is 26.8 Å². The van der Waals surface area contributed by atoms with Crippen molar-refractivity contribution in [1.82, 2.24) is 4.90 Å². The second-order valence-corrected chi connectivity index (χ2v) is 6.68. The van der Waals surface area contributed by atoms with E-state index in [-0.39, 0.29) is 23.4 Å². The molecule has 2 heterocycles. The number of benzene rings is 1. The van der Waals surface area contributed by atoms with Crippen LogP contribution in [0.5, 0.6) is 0 Å². The largest absolute Gasteiger partial charge is 0.379 e. The topological polar surface area (TPSA) is 38.8 Å². The van der Waals surface area contributed by atoms with Crippen LogP contribution in [0, 0.1) is 12.7 Å². The van der Waals surface area contributed by atoms with Crippen molar-refractivity contribution in [3.63, 3.8) is 0 Å². The van der Waals surface area contributed by atoms with E-state index in [0.717, 1.165) is 43.5 Å². The number of nitrogens with zero attached hydrogens (tertiary/aromatic N) is 1. The summed E-state index contributed by atoms with van der Waals surface area (Å²) in [7, 11) is 1.72. The van der Waals surface area contributed by atoms with Gasteiger partial charge in [-0.1, -0.05) is 6.07 Å². The minimum atomic E-state index is -0.260. The first kappa shape index (κ1) is 16.4. The minimum Gasteiger partial charge on any atom is -0.379 e. The lowest BCUT2D eigenvalue weighted by Crippen LogP contribution is -2.47. The number of hydrogen-bond acceptors (Lipinski definition) is 3. The van der Waals surface area contributed by atoms with Crippen molar-refractivity contribution in [3.8, 4) is 0 Å². The van der Waals surface area contributed by atoms with Crippen LogP contribution in [0.3, 0.4) is 0 Å². The van der Waals surface area contributed by atoms with Crippen LogP contribution in [0.15, 0.2) is 18.2 Å². The Bertz CT molecular complexity index is 582. The van der Waals surface area contributed by atoms with Gasteiger partial charge in [-0.25, -0.2) is 4.39 Å². The first-order valence-electron chi connectivity index (χ1n) is 8.21. The zero-order valence-corrected chi connectivity index (χ0v) is 13.8. The minimum absolute atomic E-state index is 0.107. The standard InChI is InChI=1S/C18H24FNO3/c1-13-9-15(19)4-3-14(13)10-17(21)20-7-5-18(6-8-20)11-16(22-2)12-23-18/h3-4,9,16H,5-8,10-12H2,1-2H3/t16-/m1/s1. The van der Waals surface area contributed by atoms with Crippen molar-refractivity contribution >= 4 is 5.91 Å². The molecular weight excluding hydrogens is 297 g/mol. The van der Waals surface area contributed by atoms with Crippen molar-refractivity contribution < 1.29 is 18.7 Å². The number of rotatable bonds is 3. The van der Waals surface area contributed by atoms with E-state index < -0.39 is 0 Å². The average molecular weight is 321 g/mol. The summed E-state index contributed by atoms with van der Waals surface area (Å²) in [4.78, 5) is 14.4. The molecule has 5 heteroatoms. The molecule has 2 aliphatic heterocycles. The number of piperidine rings is 1. The first-order chi connectivity index (χ1) is 11.0. The summed E-state index contributed by atoms with van der Waals surface area (Å²) in [5, 5.41) is 0. The fraction of sp³-hybridized carbons (Fsp3) is 0.611. The molecule has 2 saturated heterocycles. The van der Waals surface area contributed by atoms with E-state index in [0.29, 0.717) is 13.0 Å². The summed E-state index contributed by atoms with van der Waals surface area (Å²) >= 11 is 0. The van der Waals surface area contributed by atoms with E-state index in [1.54, 1.807) is 13.2 Å². The quantitative estimate of drug-likeness (QED) is 0.858. The van der Waals surface area contributed by atoms with Gasteiger partial charge >= 0.3 is 0 Å². The lowest BCUT2D eigenvalue weighted by molar-refractivity contribution is -0.135. The molecule has 2 aliphatic rings. The van der Waals surface area contributed by atoms with Gasteiger partial charge in [-0.15, -0.1) is 0 Å². The number of ether oxygens (including phenoxy) is 2. The molecule has 2 fully saturated rings. The average Bonchev–Trinajstić information content (AvgIpc) is 2.94. The Morgan fingerprint density at radius 2 is 2.17 bits per heavy atom. The maximum absolute atomic E-state index is 13.2. The van der Waals surface area contributed by atoms with Gasteiger partial charge in [0.2, 0.25) is 5.91 Å². The SMILES string of the molecule is CO[C@H]1COC2(CCN(C(=O)Cc3ccc(F)cc3C)CC2)C1. The van der Waals surface area contributed by atoms with Gasteiger partial charge in [0.15, 0.2) is 0 Å². The zero-order chi connectivity index (χ0) is 16.4. The molecule has 0 bridgehead atoms. The lowest BCUT2D eigenvalue weighted by Gasteiger charge is -2.38. The third-order valence-corrected chi connectivity index (χ3v) is 5.18. The number of methoxy groups -OCH3 is 1. The number of halogens is 1. The number of hydrogen-bond donors (Lipinski definition) is 0. The zero-order valence-electron chi connectivity index (χ0n) is 13.8. The Balaban J connectivity index is 1.56. The molecule has 23 heavy (non-hydrogen) atoms. The highest BCUT2D eigenvalue weighted by molar-refractivity contribution is 5.79. The highest BCUT2D eigenvalue weighted by atomic mass is 19.1. The van der Waals surface area contributed by atoms with Gasteiger partial charge < -0.3 is 14.4 Å². The van der Waals surface area contributed by atoms with Gasteiger partial charge in [-0.2, -0.15) is 0 Å². The number of likely N-dealkylation sites (tertiary alicyclic amines) is 1. The Hall–Kier alpha value is -1.46. The smallest absolute Gasteiger partial charge is 0.227 e. The molecule has 0 N–H and O–H groups in total. The normalized spacial score (nSPS) is 23.4. The van der Waals surface area contributed by atoms with E-state index in [9.17, 15) is 9.18 Å². The molecule has 0 unspecified atom stereocenters. The van der Waals surface area contributed by atoms with Crippen molar-refractivity contribution in [2.24, 2.45) is 0 Å². The molecule has 3 rings (SSSR count). The molecule has 1 atom stereocenters. The highest BCUT2D eigenvalue weighted by Crippen LogP contribution is 2.36. The Kier molecular flexibility index (Phi) is 4.69. The summed E-state index contributed by atoms with van der Waals surface area (Å²) < 4.78 is 24.5. The second kappa shape index (κ2) is 6.57. The number of carbonyl (C=O) groups is 1. The lowest BCUT2D eigenvalue weighted by atomic mass is 9.87. The molecule has 1 aromatic rings. The summed E-state index contributed by atoms with van der Waals surface area (Å²) in [5.41, 5.74) is 1.62. The van der Waals surface area contributed by atoms with E-state index in [1.807, 2.05) is 11.8 Å². The number of amides is 1. The first-order valence-corrected chi connectivity index (χ1v) is 8.21. The van der Waals surface area contributed by atoms with Gasteiger partial charge in [0, 0.05) is 26.6 Å². The molecule has 1 aromatic carbocycles. The van der Waals surface area contributed by atoms with E-state index in [1.165, 1.54) is 12.1 Å². The van der Waals surface area contributed by atoms with Gasteiger partial charge in [0.25, 0.3) is 0 Å². The molecular formula is C18H24FNO3. The molecule has 1 amide bonds. The molecule has 0 aromatic heterocycles. The predicted molar refractivity (Wildman–Crippen MR) is 84.8 cm³/mol. The molecule has 1 spiro atoms. The second-order valence-electron chi connectivity index (χ2n) is 6.68. The van der Waals surface area contributed by atoms with Gasteiger partial charge in [0.1, 0.15) is 5.82 Å². The fourth-order valence-electron chi connectivity index (χ4n) is 3.60. The van der Waals surface area contributed by atoms with Crippen LogP contribution in [-0.2, 0) is 20.7 Å². The van der Waals surface area contributed by atoms with Crippen LogP contribution in [0.25, 0.3) is 0 Å². The van der Waals surface area contributed by atoms with E-state index in [2.05, 4.69) is 0 Å². The summed E-state index contributed by atoms with van der Waals surface area (Å²) in [6.45, 7) is 3.93. The summed E-state index contributed by atoms with van der Waals surface area (Å²) in [6.07, 6.45) is 3.16. The van der Waals surface area contributed by atoms with Crippen molar-refractivity contribution in [2.45, 2.75) is 44.3 Å². The monoisotopic (exact) mass is 321 g/mol. The predicted octanol–water partition coefficient (Wildman–Crippen LogP) is 2.47. The van der Waals surface area contributed by atoms with Gasteiger partial charge in [0.05, 0.1) is 24.7 Å². The highest BCUT2D eigenvalue weighted by Gasteiger charge is 2.43. The van der Waals surface area contributed by atoms with Crippen molar-refractivity contribution in [3.05, 3.63) is 35.1 Å². The van der Waals surface area contributed by atoms with E-state index >= 15 is 0 Å². The van der Waals surface area contributed by atoms with Gasteiger partial charge in [-0.3, -0.25) is 4.79 Å². The van der Waals surface area contributed by atoms with Crippen LogP contribution in [-0.4, -0.2) is 49.3 Å². The van der Waals surface area contributed by atoms with Crippen LogP contribution < -0.4 is 0 Å². The van der Waals surface area contributed by atoms with Gasteiger partial charge in [-0.05, 0) is 43.0 Å². The molecule has 126 valence electrons. The van der Waals surface area contributed by atoms with Crippen LogP contribution in [0.1, 0.15) is 30.4 Å². The maximum atomic E-state index is 13.2. The van der Waals surface area contributed by atoms with Crippen LogP contribution >= 0.6 is 0 Å². The molecule has 0 aliphatic carbocycles. The van der Waals surface area contributed by atoms with E-state index in [4.69, 9.17) is 9.47 Å². The van der Waals surface area contributed by atoms with Crippen LogP contribution in [0.4, 0.5) is 4.39 Å². The third-order valence-electron chi connectivity index (χ3n) is 5.18. The fourth-order valence-corrected chi connectivity index (χ4v) is 3.60. The summed E-state index contributed by atoms with van der Waals surface area (Å²) in [6, 6.07) is 4.60. The molecule has 0 saturated carbocycles. The number of aryl methyl sites for hydroxylation is 1. The Morgan fingerprint density at radius 1 is 1.43 bits per heavy atom. The maximum Gasteiger partial charge on any atom is 0.227 e. The molecule has 0 radical (unpaired) electrons. The van der Waals surface area contributed by atoms with Crippen molar-refractivity contribution in [1.29, 1.82) is 0 Å². The Labute approximate surface area is 136 Å². The summed E-state index contributed by atoms with van der Waals surface area (Å²) in [5.74, 6) is -0.152. The van der Waals surface area contributed by atoms with Crippen LogP contribution in [0.2, 0.25) is 0 Å².